The van der Waals surface area contributed by atoms with E-state index in [0.717, 1.165) is 29.7 Å². The van der Waals surface area contributed by atoms with Crippen molar-refractivity contribution in [3.63, 3.8) is 0 Å². The lowest BCUT2D eigenvalue weighted by Crippen LogP contribution is -2.23. The van der Waals surface area contributed by atoms with Crippen molar-refractivity contribution in [3.8, 4) is 11.3 Å². The van der Waals surface area contributed by atoms with Gasteiger partial charge in [0.2, 0.25) is 5.91 Å². The van der Waals surface area contributed by atoms with Crippen molar-refractivity contribution in [2.24, 2.45) is 5.92 Å². The minimum Gasteiger partial charge on any atom is -0.348 e. The zero-order valence-electron chi connectivity index (χ0n) is 15.0. The lowest BCUT2D eigenvalue weighted by atomic mass is 10.1. The summed E-state index contributed by atoms with van der Waals surface area (Å²) in [5.74, 6) is 0.0318. The van der Waals surface area contributed by atoms with E-state index in [1.807, 2.05) is 36.4 Å². The van der Waals surface area contributed by atoms with Crippen LogP contribution in [0.25, 0.3) is 11.3 Å². The standard InChI is InChI=1S/C21H19ClN4O2/c22-16-7-5-14(6-8-16)19-18(12-24-26-19)21(28)23-11-13-1-9-17(10-2-13)25-20(27)15-3-4-15/h1-2,5-10,12,15H,3-4,11H2,(H,23,28)(H,24,26)(H,25,27). The summed E-state index contributed by atoms with van der Waals surface area (Å²) in [6, 6.07) is 14.7. The summed E-state index contributed by atoms with van der Waals surface area (Å²) in [6.07, 6.45) is 3.46. The summed E-state index contributed by atoms with van der Waals surface area (Å²) in [5.41, 5.74) is 3.66. The van der Waals surface area contributed by atoms with Crippen molar-refractivity contribution in [2.75, 3.05) is 5.32 Å². The maximum atomic E-state index is 12.6. The fraction of sp³-hybridized carbons (Fsp3) is 0.190. The Morgan fingerprint density at radius 3 is 2.46 bits per heavy atom. The maximum absolute atomic E-state index is 12.6. The molecule has 0 saturated heterocycles. The highest BCUT2D eigenvalue weighted by molar-refractivity contribution is 6.30. The number of nitrogens with one attached hydrogen (secondary N) is 3. The number of anilines is 1. The molecule has 1 saturated carbocycles. The molecular weight excluding hydrogens is 376 g/mol. The maximum Gasteiger partial charge on any atom is 0.255 e. The molecule has 6 nitrogen and oxygen atoms in total. The van der Waals surface area contributed by atoms with Gasteiger partial charge in [-0.2, -0.15) is 5.10 Å². The van der Waals surface area contributed by atoms with E-state index < -0.39 is 0 Å². The third-order valence-corrected chi connectivity index (χ3v) is 4.89. The van der Waals surface area contributed by atoms with E-state index in [4.69, 9.17) is 11.6 Å². The predicted octanol–water partition coefficient (Wildman–Crippen LogP) is 4.01. The molecule has 0 spiro atoms. The number of H-pyrrole nitrogens is 1. The van der Waals surface area contributed by atoms with Gasteiger partial charge in [-0.15, -0.1) is 0 Å². The van der Waals surface area contributed by atoms with E-state index in [1.54, 1.807) is 12.1 Å². The molecular formula is C21H19ClN4O2. The topological polar surface area (TPSA) is 86.9 Å². The van der Waals surface area contributed by atoms with Crippen LogP contribution in [0.5, 0.6) is 0 Å². The average Bonchev–Trinajstić information content (AvgIpc) is 3.45. The van der Waals surface area contributed by atoms with Crippen LogP contribution in [0.15, 0.2) is 54.7 Å². The van der Waals surface area contributed by atoms with Crippen molar-refractivity contribution >= 4 is 29.1 Å². The molecule has 7 heteroatoms. The molecule has 1 heterocycles. The van der Waals surface area contributed by atoms with Gasteiger partial charge in [0.15, 0.2) is 0 Å². The van der Waals surface area contributed by atoms with Crippen LogP contribution >= 0.6 is 11.6 Å². The Morgan fingerprint density at radius 2 is 1.79 bits per heavy atom. The second kappa shape index (κ2) is 7.86. The van der Waals surface area contributed by atoms with Crippen LogP contribution in [0.2, 0.25) is 5.02 Å². The number of aromatic amines is 1. The van der Waals surface area contributed by atoms with Gasteiger partial charge < -0.3 is 10.6 Å². The Hall–Kier alpha value is -3.12. The highest BCUT2D eigenvalue weighted by Gasteiger charge is 2.29. The highest BCUT2D eigenvalue weighted by Crippen LogP contribution is 2.30. The Labute approximate surface area is 167 Å². The van der Waals surface area contributed by atoms with E-state index in [1.165, 1.54) is 6.20 Å². The second-order valence-electron chi connectivity index (χ2n) is 6.81. The highest BCUT2D eigenvalue weighted by atomic mass is 35.5. The first kappa shape index (κ1) is 18.3. The normalized spacial score (nSPS) is 13.2. The number of hydrogen-bond acceptors (Lipinski definition) is 3. The first-order chi connectivity index (χ1) is 13.6. The molecule has 0 unspecified atom stereocenters. The molecule has 28 heavy (non-hydrogen) atoms. The van der Waals surface area contributed by atoms with Gasteiger partial charge in [0.05, 0.1) is 17.5 Å². The molecule has 0 radical (unpaired) electrons. The SMILES string of the molecule is O=C(NCc1ccc(NC(=O)C2CC2)cc1)c1cn[nH]c1-c1ccc(Cl)cc1. The summed E-state index contributed by atoms with van der Waals surface area (Å²) in [4.78, 5) is 24.4. The molecule has 1 aliphatic rings. The number of benzene rings is 2. The molecule has 2 amide bonds. The number of halogens is 1. The first-order valence-corrected chi connectivity index (χ1v) is 9.45. The molecule has 3 N–H and O–H groups in total. The number of hydrogen-bond donors (Lipinski definition) is 3. The van der Waals surface area contributed by atoms with Crippen LogP contribution in [0, 0.1) is 5.92 Å². The van der Waals surface area contributed by atoms with Gasteiger partial charge in [-0.25, -0.2) is 0 Å². The number of nitrogens with zero attached hydrogens (tertiary/aromatic N) is 1. The second-order valence-corrected chi connectivity index (χ2v) is 7.25. The zero-order valence-corrected chi connectivity index (χ0v) is 15.8. The van der Waals surface area contributed by atoms with Gasteiger partial charge in [-0.05, 0) is 42.7 Å². The quantitative estimate of drug-likeness (QED) is 0.590. The fourth-order valence-corrected chi connectivity index (χ4v) is 2.99. The van der Waals surface area contributed by atoms with Gasteiger partial charge in [0.1, 0.15) is 0 Å². The molecule has 3 aromatic rings. The summed E-state index contributed by atoms with van der Waals surface area (Å²) in [7, 11) is 0. The molecule has 4 rings (SSSR count). The molecule has 0 aliphatic heterocycles. The molecule has 0 bridgehead atoms. The van der Waals surface area contributed by atoms with Crippen LogP contribution in [0.1, 0.15) is 28.8 Å². The fourth-order valence-electron chi connectivity index (χ4n) is 2.87. The largest absolute Gasteiger partial charge is 0.348 e. The number of amides is 2. The Bertz CT molecular complexity index is 992. The van der Waals surface area contributed by atoms with Crippen LogP contribution in [-0.4, -0.2) is 22.0 Å². The van der Waals surface area contributed by atoms with Gasteiger partial charge in [0, 0.05) is 28.7 Å². The molecule has 0 atom stereocenters. The Balaban J connectivity index is 1.37. The van der Waals surface area contributed by atoms with E-state index in [0.29, 0.717) is 22.8 Å². The average molecular weight is 395 g/mol. The van der Waals surface area contributed by atoms with Gasteiger partial charge in [-0.3, -0.25) is 14.7 Å². The van der Waals surface area contributed by atoms with Crippen LogP contribution in [0.4, 0.5) is 5.69 Å². The zero-order chi connectivity index (χ0) is 19.5. The van der Waals surface area contributed by atoms with Gasteiger partial charge in [0.25, 0.3) is 5.91 Å². The smallest absolute Gasteiger partial charge is 0.255 e. The molecule has 142 valence electrons. The van der Waals surface area contributed by atoms with Crippen molar-refractivity contribution in [3.05, 3.63) is 70.9 Å². The lowest BCUT2D eigenvalue weighted by molar-refractivity contribution is -0.117. The summed E-state index contributed by atoms with van der Waals surface area (Å²) >= 11 is 5.92. The van der Waals surface area contributed by atoms with E-state index in [9.17, 15) is 9.59 Å². The van der Waals surface area contributed by atoms with Crippen molar-refractivity contribution in [1.29, 1.82) is 0 Å². The van der Waals surface area contributed by atoms with Crippen molar-refractivity contribution < 1.29 is 9.59 Å². The van der Waals surface area contributed by atoms with Gasteiger partial charge in [-0.1, -0.05) is 35.9 Å². The van der Waals surface area contributed by atoms with E-state index in [-0.39, 0.29) is 17.7 Å². The number of aromatic nitrogens is 2. The lowest BCUT2D eigenvalue weighted by Gasteiger charge is -2.08. The minimum absolute atomic E-state index is 0.0794. The van der Waals surface area contributed by atoms with Crippen LogP contribution < -0.4 is 10.6 Å². The predicted molar refractivity (Wildman–Crippen MR) is 108 cm³/mol. The first-order valence-electron chi connectivity index (χ1n) is 9.07. The summed E-state index contributed by atoms with van der Waals surface area (Å²) in [5, 5.41) is 13.3. The third kappa shape index (κ3) is 4.23. The van der Waals surface area contributed by atoms with Gasteiger partial charge >= 0.3 is 0 Å². The Kier molecular flexibility index (Phi) is 5.12. The van der Waals surface area contributed by atoms with Crippen LogP contribution in [-0.2, 0) is 11.3 Å². The molecule has 1 aromatic heterocycles. The minimum atomic E-state index is -0.218. The third-order valence-electron chi connectivity index (χ3n) is 4.64. The molecule has 2 aromatic carbocycles. The number of carbonyl (C=O) groups excluding carboxylic acids is 2. The monoisotopic (exact) mass is 394 g/mol. The van der Waals surface area contributed by atoms with E-state index in [2.05, 4.69) is 20.8 Å². The summed E-state index contributed by atoms with van der Waals surface area (Å²) < 4.78 is 0. The van der Waals surface area contributed by atoms with Crippen molar-refractivity contribution in [2.45, 2.75) is 19.4 Å². The number of carbonyl (C=O) groups is 2. The molecule has 1 aliphatic carbocycles. The number of rotatable bonds is 6. The summed E-state index contributed by atoms with van der Waals surface area (Å²) in [6.45, 7) is 0.376. The Morgan fingerprint density at radius 1 is 1.07 bits per heavy atom. The van der Waals surface area contributed by atoms with Crippen LogP contribution in [0.3, 0.4) is 0 Å². The van der Waals surface area contributed by atoms with Crippen molar-refractivity contribution in [1.82, 2.24) is 15.5 Å². The molecule has 1 fully saturated rings. The van der Waals surface area contributed by atoms with E-state index >= 15 is 0 Å².